The van der Waals surface area contributed by atoms with Crippen LogP contribution in [0.1, 0.15) is 36.0 Å². The van der Waals surface area contributed by atoms with Crippen LogP contribution in [0.5, 0.6) is 11.5 Å². The number of rotatable bonds is 6. The number of nitriles is 1. The number of hydrogen-bond acceptors (Lipinski definition) is 5. The van der Waals surface area contributed by atoms with Crippen molar-refractivity contribution in [3.05, 3.63) is 23.8 Å². The molecule has 1 fully saturated rings. The lowest BCUT2D eigenvalue weighted by Gasteiger charge is -2.22. The van der Waals surface area contributed by atoms with Crippen LogP contribution >= 0.6 is 0 Å². The first-order valence-corrected chi connectivity index (χ1v) is 7.11. The van der Waals surface area contributed by atoms with Crippen molar-refractivity contribution >= 4 is 12.2 Å². The van der Waals surface area contributed by atoms with Crippen molar-refractivity contribution in [3.63, 3.8) is 0 Å². The summed E-state index contributed by atoms with van der Waals surface area (Å²) < 4.78 is 10.4. The van der Waals surface area contributed by atoms with Gasteiger partial charge in [-0.2, -0.15) is 5.26 Å². The van der Waals surface area contributed by atoms with Crippen LogP contribution < -0.4 is 14.8 Å². The summed E-state index contributed by atoms with van der Waals surface area (Å²) in [5.74, 6) is 0.479. The van der Waals surface area contributed by atoms with E-state index in [1.807, 2.05) is 0 Å². The number of benzene rings is 1. The number of nitrogens with zero attached hydrogens (tertiary/aromatic N) is 1. The fraction of sp³-hybridized carbons (Fsp3) is 0.438. The van der Waals surface area contributed by atoms with Crippen molar-refractivity contribution < 1.29 is 19.1 Å². The standard InChI is InChI=1S/C16H18N2O4/c1-21-13-4-5-14(12(8-13)9-19)22-10-15(20)18-16(11-17)6-2-3-7-16/h4-5,8-9H,2-3,6-7,10H2,1H3,(H,18,20). The fourth-order valence-electron chi connectivity index (χ4n) is 2.57. The SMILES string of the molecule is COc1ccc(OCC(=O)NC2(C#N)CCCC2)c(C=O)c1. The van der Waals surface area contributed by atoms with E-state index in [0.717, 1.165) is 12.8 Å². The maximum atomic E-state index is 12.0. The molecule has 0 unspecified atom stereocenters. The van der Waals surface area contributed by atoms with E-state index in [1.54, 1.807) is 12.1 Å². The van der Waals surface area contributed by atoms with Gasteiger partial charge in [0.2, 0.25) is 0 Å². The zero-order valence-corrected chi connectivity index (χ0v) is 12.4. The molecule has 22 heavy (non-hydrogen) atoms. The molecule has 0 heterocycles. The van der Waals surface area contributed by atoms with Gasteiger partial charge in [0.15, 0.2) is 12.9 Å². The summed E-state index contributed by atoms with van der Waals surface area (Å²) in [6.45, 7) is -0.239. The maximum Gasteiger partial charge on any atom is 0.259 e. The number of aldehydes is 1. The first kappa shape index (κ1) is 15.8. The van der Waals surface area contributed by atoms with Gasteiger partial charge < -0.3 is 14.8 Å². The zero-order valence-electron chi connectivity index (χ0n) is 12.4. The van der Waals surface area contributed by atoms with E-state index in [1.165, 1.54) is 13.2 Å². The summed E-state index contributed by atoms with van der Waals surface area (Å²) in [5.41, 5.74) is -0.462. The average molecular weight is 302 g/mol. The van der Waals surface area contributed by atoms with E-state index in [4.69, 9.17) is 9.47 Å². The van der Waals surface area contributed by atoms with Crippen molar-refractivity contribution in [3.8, 4) is 17.6 Å². The first-order valence-electron chi connectivity index (χ1n) is 7.11. The Hall–Kier alpha value is -2.55. The number of carbonyl (C=O) groups excluding carboxylic acids is 2. The summed E-state index contributed by atoms with van der Waals surface area (Å²) in [6.07, 6.45) is 3.84. The highest BCUT2D eigenvalue weighted by Gasteiger charge is 2.35. The van der Waals surface area contributed by atoms with E-state index in [0.29, 0.717) is 36.2 Å². The zero-order chi connectivity index (χ0) is 16.0. The number of amides is 1. The predicted molar refractivity (Wildman–Crippen MR) is 78.8 cm³/mol. The van der Waals surface area contributed by atoms with Gasteiger partial charge in [-0.3, -0.25) is 9.59 Å². The van der Waals surface area contributed by atoms with Gasteiger partial charge in [-0.05, 0) is 43.9 Å². The van der Waals surface area contributed by atoms with Crippen LogP contribution in [0.4, 0.5) is 0 Å². The molecule has 0 aliphatic heterocycles. The summed E-state index contributed by atoms with van der Waals surface area (Å²) in [5, 5.41) is 12.0. The number of hydrogen-bond donors (Lipinski definition) is 1. The van der Waals surface area contributed by atoms with E-state index >= 15 is 0 Å². The molecule has 6 nitrogen and oxygen atoms in total. The summed E-state index contributed by atoms with van der Waals surface area (Å²) in [4.78, 5) is 23.0. The average Bonchev–Trinajstić information content (AvgIpc) is 3.01. The van der Waals surface area contributed by atoms with Crippen LogP contribution in [-0.2, 0) is 4.79 Å². The highest BCUT2D eigenvalue weighted by Crippen LogP contribution is 2.29. The Morgan fingerprint density at radius 1 is 1.45 bits per heavy atom. The second kappa shape index (κ2) is 6.94. The number of ether oxygens (including phenoxy) is 2. The minimum Gasteiger partial charge on any atom is -0.497 e. The molecule has 116 valence electrons. The molecule has 1 N–H and O–H groups in total. The van der Waals surface area contributed by atoms with Crippen molar-refractivity contribution in [1.82, 2.24) is 5.32 Å². The van der Waals surface area contributed by atoms with E-state index in [9.17, 15) is 14.9 Å². The molecule has 1 aliphatic carbocycles. The molecule has 2 rings (SSSR count). The molecule has 0 bridgehead atoms. The Labute approximate surface area is 129 Å². The second-order valence-corrected chi connectivity index (χ2v) is 5.26. The van der Waals surface area contributed by atoms with Crippen LogP contribution in [-0.4, -0.2) is 31.4 Å². The summed E-state index contributed by atoms with van der Waals surface area (Å²) >= 11 is 0. The first-order chi connectivity index (χ1) is 10.6. The third-order valence-electron chi connectivity index (χ3n) is 3.75. The van der Waals surface area contributed by atoms with Crippen molar-refractivity contribution in [1.29, 1.82) is 5.26 Å². The van der Waals surface area contributed by atoms with Crippen LogP contribution in [0.25, 0.3) is 0 Å². The minimum absolute atomic E-state index is 0.239. The molecule has 0 aromatic heterocycles. The van der Waals surface area contributed by atoms with Crippen molar-refractivity contribution in [2.45, 2.75) is 31.2 Å². The monoisotopic (exact) mass is 302 g/mol. The van der Waals surface area contributed by atoms with Crippen LogP contribution in [0.2, 0.25) is 0 Å². The van der Waals surface area contributed by atoms with Gasteiger partial charge in [0.1, 0.15) is 17.0 Å². The number of methoxy groups -OCH3 is 1. The molecule has 1 aliphatic rings. The molecule has 6 heteroatoms. The van der Waals surface area contributed by atoms with Gasteiger partial charge >= 0.3 is 0 Å². The largest absolute Gasteiger partial charge is 0.497 e. The van der Waals surface area contributed by atoms with Gasteiger partial charge in [0, 0.05) is 0 Å². The molecule has 0 atom stereocenters. The van der Waals surface area contributed by atoms with Gasteiger partial charge in [-0.15, -0.1) is 0 Å². The van der Waals surface area contributed by atoms with Crippen molar-refractivity contribution in [2.75, 3.05) is 13.7 Å². The van der Waals surface area contributed by atoms with Crippen LogP contribution in [0, 0.1) is 11.3 Å². The Bertz CT molecular complexity index is 601. The third-order valence-corrected chi connectivity index (χ3v) is 3.75. The van der Waals surface area contributed by atoms with Crippen LogP contribution in [0.3, 0.4) is 0 Å². The molecule has 0 radical (unpaired) electrons. The van der Waals surface area contributed by atoms with E-state index in [2.05, 4.69) is 11.4 Å². The fourth-order valence-corrected chi connectivity index (χ4v) is 2.57. The number of nitrogens with one attached hydrogen (secondary N) is 1. The minimum atomic E-state index is -0.770. The summed E-state index contributed by atoms with van der Waals surface area (Å²) in [7, 11) is 1.50. The second-order valence-electron chi connectivity index (χ2n) is 5.26. The highest BCUT2D eigenvalue weighted by molar-refractivity contribution is 5.82. The highest BCUT2D eigenvalue weighted by atomic mass is 16.5. The van der Waals surface area contributed by atoms with Gasteiger partial charge in [-0.1, -0.05) is 0 Å². The molecule has 1 aromatic carbocycles. The normalized spacial score (nSPS) is 15.6. The molecule has 0 saturated heterocycles. The molecular formula is C16H18N2O4. The lowest BCUT2D eigenvalue weighted by Crippen LogP contribution is -2.47. The van der Waals surface area contributed by atoms with Crippen LogP contribution in [0.15, 0.2) is 18.2 Å². The maximum absolute atomic E-state index is 12.0. The molecule has 1 amide bonds. The molecule has 0 spiro atoms. The molecule has 1 aromatic rings. The van der Waals surface area contributed by atoms with Gasteiger partial charge in [-0.25, -0.2) is 0 Å². The Morgan fingerprint density at radius 3 is 2.77 bits per heavy atom. The Kier molecular flexibility index (Phi) is 4.99. The van der Waals surface area contributed by atoms with Crippen molar-refractivity contribution in [2.24, 2.45) is 0 Å². The van der Waals surface area contributed by atoms with E-state index < -0.39 is 5.54 Å². The van der Waals surface area contributed by atoms with Gasteiger partial charge in [0.25, 0.3) is 5.91 Å². The smallest absolute Gasteiger partial charge is 0.259 e. The lowest BCUT2D eigenvalue weighted by atomic mass is 10.00. The summed E-state index contributed by atoms with van der Waals surface area (Å²) in [6, 6.07) is 6.94. The van der Waals surface area contributed by atoms with Gasteiger partial charge in [0.05, 0.1) is 18.7 Å². The lowest BCUT2D eigenvalue weighted by molar-refractivity contribution is -0.124. The van der Waals surface area contributed by atoms with E-state index in [-0.39, 0.29) is 12.5 Å². The quantitative estimate of drug-likeness (QED) is 0.810. The Balaban J connectivity index is 1.96. The predicted octanol–water partition coefficient (Wildman–Crippen LogP) is 1.84. The molecule has 1 saturated carbocycles. The topological polar surface area (TPSA) is 88.4 Å². The molecular weight excluding hydrogens is 284 g/mol. The number of carbonyl (C=O) groups is 2. The Morgan fingerprint density at radius 2 is 2.18 bits per heavy atom. The third kappa shape index (κ3) is 3.55.